The number of alkyl halides is 9. The zero-order valence-corrected chi connectivity index (χ0v) is 23.9. The van der Waals surface area contributed by atoms with Gasteiger partial charge < -0.3 is 0 Å². The van der Waals surface area contributed by atoms with Gasteiger partial charge in [0.25, 0.3) is 0 Å². The lowest BCUT2D eigenvalue weighted by Crippen LogP contribution is -2.28. The number of rotatable bonds is 9. The Morgan fingerprint density at radius 2 is 1.60 bits per heavy atom. The Morgan fingerprint density at radius 1 is 1.00 bits per heavy atom. The van der Waals surface area contributed by atoms with Crippen LogP contribution in [0, 0.1) is 5.92 Å². The molecule has 2 atom stereocenters. The van der Waals surface area contributed by atoms with Crippen LogP contribution in [0.15, 0.2) is 40.9 Å². The van der Waals surface area contributed by atoms with Crippen molar-refractivity contribution < 1.29 is 52.7 Å². The number of benzene rings is 2. The maximum absolute atomic E-state index is 13.8. The fourth-order valence-corrected chi connectivity index (χ4v) is 6.27. The number of ketones is 1. The monoisotopic (exact) mass is 706 g/mol. The number of Topliss-reactive ketones (excluding diaryl/α,β-unsaturated/α-hetero) is 1. The van der Waals surface area contributed by atoms with Crippen LogP contribution in [0.5, 0.6) is 0 Å². The van der Waals surface area contributed by atoms with Crippen LogP contribution in [0.4, 0.5) is 39.5 Å². The fraction of sp³-hybridized carbons (Fsp3) is 0.375. The Hall–Kier alpha value is -1.77. The number of allylic oxidation sites excluding steroid dienone is 1. The van der Waals surface area contributed by atoms with E-state index >= 15 is 0 Å². The molecule has 0 spiro atoms. The maximum Gasteiger partial charge on any atom is 0.417 e. The van der Waals surface area contributed by atoms with Gasteiger partial charge in [0.05, 0.1) is 27.3 Å². The molecule has 3 nitrogen and oxygen atoms in total. The second-order valence-electron chi connectivity index (χ2n) is 8.88. The minimum Gasteiger partial charge on any atom is -0.294 e. The van der Waals surface area contributed by atoms with Gasteiger partial charge in [0, 0.05) is 16.5 Å². The Kier molecular flexibility index (Phi) is 10.9. The first kappa shape index (κ1) is 34.4. The number of hydrogen-bond donors (Lipinski definition) is 0. The number of carbonyl (C=O) groups is 1. The average Bonchev–Trinajstić information content (AvgIpc) is 2.73. The van der Waals surface area contributed by atoms with Gasteiger partial charge in [-0.1, -0.05) is 54.4 Å². The SMILES string of the molecule is C[C@@H](CC(=O)c1ccc(/C=C/C(c2cc(Cl)c(Cl)c(Br)c2)C(F)(F)F)cc1C(F)(F)F)CS(=O)(=O)CC(F)(F)F. The summed E-state index contributed by atoms with van der Waals surface area (Å²) in [6.45, 7) is 1.09. The molecule has 1 unspecified atom stereocenters. The Morgan fingerprint density at radius 3 is 2.10 bits per heavy atom. The maximum atomic E-state index is 13.8. The molecule has 0 fully saturated rings. The number of carbonyl (C=O) groups excluding carboxylic acids is 1. The Bertz CT molecular complexity index is 1360. The van der Waals surface area contributed by atoms with Gasteiger partial charge in [0.1, 0.15) is 5.75 Å². The molecule has 0 aliphatic rings. The molecule has 0 saturated carbocycles. The molecule has 40 heavy (non-hydrogen) atoms. The predicted molar refractivity (Wildman–Crippen MR) is 136 cm³/mol. The molecule has 0 amide bonds. The molecule has 2 rings (SSSR count). The summed E-state index contributed by atoms with van der Waals surface area (Å²) < 4.78 is 143. The van der Waals surface area contributed by atoms with Crippen molar-refractivity contribution in [3.05, 3.63) is 73.2 Å². The third-order valence-corrected chi connectivity index (χ3v) is 8.80. The van der Waals surface area contributed by atoms with Crippen LogP contribution >= 0.6 is 39.1 Å². The molecule has 16 heteroatoms. The van der Waals surface area contributed by atoms with E-state index in [9.17, 15) is 52.7 Å². The van der Waals surface area contributed by atoms with Crippen molar-refractivity contribution in [1.29, 1.82) is 0 Å². The van der Waals surface area contributed by atoms with Gasteiger partial charge in [0.2, 0.25) is 0 Å². The lowest BCUT2D eigenvalue weighted by molar-refractivity contribution is -0.139. The lowest BCUT2D eigenvalue weighted by Gasteiger charge is -2.19. The van der Waals surface area contributed by atoms with Crippen LogP contribution in [0.25, 0.3) is 6.08 Å². The summed E-state index contributed by atoms with van der Waals surface area (Å²) >= 11 is 14.7. The van der Waals surface area contributed by atoms with Crippen LogP contribution in [0.3, 0.4) is 0 Å². The highest BCUT2D eigenvalue weighted by atomic mass is 79.9. The quantitative estimate of drug-likeness (QED) is 0.148. The van der Waals surface area contributed by atoms with E-state index in [0.29, 0.717) is 18.2 Å². The average molecular weight is 708 g/mol. The normalized spacial score (nSPS) is 14.9. The summed E-state index contributed by atoms with van der Waals surface area (Å²) in [7, 11) is -4.69. The third-order valence-electron chi connectivity index (χ3n) is 5.30. The van der Waals surface area contributed by atoms with Crippen LogP contribution in [0.1, 0.15) is 46.3 Å². The van der Waals surface area contributed by atoms with E-state index in [1.54, 1.807) is 0 Å². The first-order chi connectivity index (χ1) is 18.0. The molecule has 2 aromatic carbocycles. The summed E-state index contributed by atoms with van der Waals surface area (Å²) in [4.78, 5) is 12.6. The van der Waals surface area contributed by atoms with E-state index in [2.05, 4.69) is 15.9 Å². The van der Waals surface area contributed by atoms with Gasteiger partial charge in [-0.2, -0.15) is 39.5 Å². The standard InChI is InChI=1S/C24H18BrCl2F9O3S/c1-12(10-40(38,39)11-22(28,29)30)6-20(37)15-4-2-13(7-17(15)24(34,35)36)3-5-16(23(31,32)33)14-8-18(25)21(27)19(26)9-14/h2-5,7-9,12,16H,6,10-11H2,1H3/b5-3+/t12-,16?/m0/s1. The molecule has 222 valence electrons. The number of sulfone groups is 1. The van der Waals surface area contributed by atoms with Crippen molar-refractivity contribution in [3.63, 3.8) is 0 Å². The van der Waals surface area contributed by atoms with Crippen molar-refractivity contribution >= 4 is 60.8 Å². The highest BCUT2D eigenvalue weighted by Crippen LogP contribution is 2.41. The van der Waals surface area contributed by atoms with Crippen molar-refractivity contribution in [1.82, 2.24) is 0 Å². The topological polar surface area (TPSA) is 51.2 Å². The van der Waals surface area contributed by atoms with Gasteiger partial charge >= 0.3 is 18.5 Å². The van der Waals surface area contributed by atoms with Gasteiger partial charge in [-0.15, -0.1) is 0 Å². The highest BCUT2D eigenvalue weighted by molar-refractivity contribution is 9.10. The molecule has 0 radical (unpaired) electrons. The Balaban J connectivity index is 2.39. The first-order valence-electron chi connectivity index (χ1n) is 10.9. The van der Waals surface area contributed by atoms with Crippen LogP contribution in [0.2, 0.25) is 10.0 Å². The largest absolute Gasteiger partial charge is 0.417 e. The van der Waals surface area contributed by atoms with Crippen molar-refractivity contribution in [2.75, 3.05) is 11.5 Å². The molecule has 0 heterocycles. The zero-order chi connectivity index (χ0) is 30.8. The van der Waals surface area contributed by atoms with Crippen molar-refractivity contribution in [3.8, 4) is 0 Å². The van der Waals surface area contributed by atoms with E-state index in [4.69, 9.17) is 23.2 Å². The van der Waals surface area contributed by atoms with Gasteiger partial charge in [-0.3, -0.25) is 4.79 Å². The Labute approximate surface area is 241 Å². The van der Waals surface area contributed by atoms with Gasteiger partial charge in [-0.05, 0) is 51.2 Å². The summed E-state index contributed by atoms with van der Waals surface area (Å²) in [5.74, 6) is -7.99. The lowest BCUT2D eigenvalue weighted by atomic mass is 9.93. The van der Waals surface area contributed by atoms with Gasteiger partial charge in [-0.25, -0.2) is 8.42 Å². The fourth-order valence-electron chi connectivity index (χ4n) is 3.74. The number of halogens is 12. The van der Waals surface area contributed by atoms with Crippen molar-refractivity contribution in [2.45, 2.75) is 37.8 Å². The van der Waals surface area contributed by atoms with E-state index in [-0.39, 0.29) is 25.6 Å². The molecular formula is C24H18BrCl2F9O3S. The van der Waals surface area contributed by atoms with Crippen LogP contribution in [-0.4, -0.2) is 38.1 Å². The summed E-state index contributed by atoms with van der Waals surface area (Å²) in [5.41, 5.74) is -3.13. The second kappa shape index (κ2) is 12.6. The molecule has 0 N–H and O–H groups in total. The number of hydrogen-bond acceptors (Lipinski definition) is 3. The molecule has 0 bridgehead atoms. The van der Waals surface area contributed by atoms with Crippen LogP contribution < -0.4 is 0 Å². The first-order valence-corrected chi connectivity index (χ1v) is 14.3. The smallest absolute Gasteiger partial charge is 0.294 e. The van der Waals surface area contributed by atoms with Crippen molar-refractivity contribution in [2.24, 2.45) is 5.92 Å². The summed E-state index contributed by atoms with van der Waals surface area (Å²) in [6.07, 6.45) is -14.5. The molecule has 0 aromatic heterocycles. The summed E-state index contributed by atoms with van der Waals surface area (Å²) in [5, 5.41) is -0.242. The van der Waals surface area contributed by atoms with E-state index in [1.807, 2.05) is 0 Å². The second-order valence-corrected chi connectivity index (χ2v) is 12.6. The molecule has 0 aliphatic carbocycles. The van der Waals surface area contributed by atoms with E-state index in [1.165, 1.54) is 0 Å². The molecule has 0 aliphatic heterocycles. The molecule has 2 aromatic rings. The van der Waals surface area contributed by atoms with Gasteiger partial charge in [0.15, 0.2) is 15.6 Å². The third kappa shape index (κ3) is 9.95. The van der Waals surface area contributed by atoms with E-state index in [0.717, 1.165) is 31.2 Å². The molecule has 0 saturated heterocycles. The molecular weight excluding hydrogens is 690 g/mol. The predicted octanol–water partition coefficient (Wildman–Crippen LogP) is 9.32. The minimum atomic E-state index is -5.14. The van der Waals surface area contributed by atoms with Crippen LogP contribution in [-0.2, 0) is 16.0 Å². The zero-order valence-electron chi connectivity index (χ0n) is 20.0. The summed E-state index contributed by atoms with van der Waals surface area (Å²) in [6, 6.07) is 4.10. The minimum absolute atomic E-state index is 0.0438. The van der Waals surface area contributed by atoms with E-state index < -0.39 is 75.0 Å². The highest BCUT2D eigenvalue weighted by Gasteiger charge is 2.40.